The second-order valence-corrected chi connectivity index (χ2v) is 5.82. The fraction of sp³-hybridized carbons (Fsp3) is 0.211. The van der Waals surface area contributed by atoms with Gasteiger partial charge in [0.25, 0.3) is 0 Å². The predicted octanol–water partition coefficient (Wildman–Crippen LogP) is 3.37. The molecule has 1 N–H and O–H groups in total. The van der Waals surface area contributed by atoms with Gasteiger partial charge in [0.15, 0.2) is 0 Å². The van der Waals surface area contributed by atoms with Crippen molar-refractivity contribution in [2.45, 2.75) is 25.3 Å². The number of halogens is 1. The van der Waals surface area contributed by atoms with Crippen molar-refractivity contribution in [1.29, 1.82) is 0 Å². The second kappa shape index (κ2) is 7.25. The zero-order chi connectivity index (χ0) is 17.8. The summed E-state index contributed by atoms with van der Waals surface area (Å²) < 4.78 is 13.6. The van der Waals surface area contributed by atoms with Crippen molar-refractivity contribution in [3.8, 4) is 0 Å². The Hall–Kier alpha value is -3.02. The molecule has 2 aromatic carbocycles. The molecule has 2 aromatic rings. The number of carbonyl (C=O) groups is 2. The van der Waals surface area contributed by atoms with Crippen LogP contribution in [0.3, 0.4) is 0 Å². The molecular weight excluding hydrogens is 323 g/mol. The lowest BCUT2D eigenvalue weighted by Gasteiger charge is -2.21. The van der Waals surface area contributed by atoms with Crippen LogP contribution in [0.25, 0.3) is 0 Å². The minimum atomic E-state index is -1.04. The minimum Gasteiger partial charge on any atom is -0.481 e. The van der Waals surface area contributed by atoms with E-state index in [1.165, 1.54) is 17.1 Å². The molecule has 0 saturated carbocycles. The molecule has 0 spiro atoms. The number of hydrazone groups is 1. The number of rotatable bonds is 5. The zero-order valence-corrected chi connectivity index (χ0v) is 13.4. The highest BCUT2D eigenvalue weighted by Crippen LogP contribution is 2.33. The topological polar surface area (TPSA) is 70.0 Å². The van der Waals surface area contributed by atoms with E-state index in [0.717, 1.165) is 11.3 Å². The van der Waals surface area contributed by atoms with E-state index >= 15 is 0 Å². The van der Waals surface area contributed by atoms with Crippen LogP contribution in [0.4, 0.5) is 4.39 Å². The molecule has 1 aliphatic rings. The van der Waals surface area contributed by atoms with E-state index in [0.29, 0.717) is 12.0 Å². The van der Waals surface area contributed by atoms with Gasteiger partial charge in [0, 0.05) is 12.8 Å². The molecule has 1 aliphatic heterocycles. The maximum atomic E-state index is 13.6. The summed E-state index contributed by atoms with van der Waals surface area (Å²) >= 11 is 0. The number of carbonyl (C=O) groups excluding carboxylic acids is 1. The SMILES string of the molecule is O=C(O)CCC(=O)N1N=C(c2ccccc2)C[C@@H]1c1cccc(F)c1. The molecule has 0 bridgehead atoms. The Balaban J connectivity index is 1.90. The number of nitrogens with zero attached hydrogens (tertiary/aromatic N) is 2. The monoisotopic (exact) mass is 340 g/mol. The van der Waals surface area contributed by atoms with Crippen molar-refractivity contribution in [3.05, 3.63) is 71.5 Å². The van der Waals surface area contributed by atoms with Crippen LogP contribution >= 0.6 is 0 Å². The van der Waals surface area contributed by atoms with Crippen molar-refractivity contribution in [1.82, 2.24) is 5.01 Å². The summed E-state index contributed by atoms with van der Waals surface area (Å²) in [6.45, 7) is 0. The number of carboxylic acids is 1. The quantitative estimate of drug-likeness (QED) is 0.907. The van der Waals surface area contributed by atoms with Gasteiger partial charge in [0.1, 0.15) is 5.82 Å². The summed E-state index contributed by atoms with van der Waals surface area (Å²) in [5, 5.41) is 14.5. The standard InChI is InChI=1S/C19H17FN2O3/c20-15-8-4-7-14(11-15)17-12-16(13-5-2-1-3-6-13)21-22(17)18(23)9-10-19(24)25/h1-8,11,17H,9-10,12H2,(H,24,25)/t17-/m1/s1. The molecule has 0 radical (unpaired) electrons. The van der Waals surface area contributed by atoms with Gasteiger partial charge in [-0.15, -0.1) is 0 Å². The Bertz CT molecular complexity index is 820. The Morgan fingerprint density at radius 2 is 1.88 bits per heavy atom. The molecule has 0 aromatic heterocycles. The summed E-state index contributed by atoms with van der Waals surface area (Å²) in [6.07, 6.45) is 0.0421. The van der Waals surface area contributed by atoms with E-state index in [1.54, 1.807) is 12.1 Å². The number of hydrogen-bond donors (Lipinski definition) is 1. The Labute approximate surface area is 144 Å². The molecule has 0 unspecified atom stereocenters. The lowest BCUT2D eigenvalue weighted by Crippen LogP contribution is -2.27. The molecule has 0 fully saturated rings. The molecule has 0 aliphatic carbocycles. The highest BCUT2D eigenvalue weighted by Gasteiger charge is 2.33. The maximum Gasteiger partial charge on any atom is 0.303 e. The Kier molecular flexibility index (Phi) is 4.88. The van der Waals surface area contributed by atoms with Crippen molar-refractivity contribution < 1.29 is 19.1 Å². The number of hydrogen-bond acceptors (Lipinski definition) is 3. The summed E-state index contributed by atoms with van der Waals surface area (Å²) in [4.78, 5) is 23.2. The van der Waals surface area contributed by atoms with Gasteiger partial charge >= 0.3 is 5.97 Å². The lowest BCUT2D eigenvalue weighted by molar-refractivity contribution is -0.141. The van der Waals surface area contributed by atoms with Gasteiger partial charge in [-0.1, -0.05) is 42.5 Å². The van der Waals surface area contributed by atoms with Gasteiger partial charge in [0.05, 0.1) is 18.2 Å². The van der Waals surface area contributed by atoms with Crippen molar-refractivity contribution >= 4 is 17.6 Å². The summed E-state index contributed by atoms with van der Waals surface area (Å²) in [6, 6.07) is 15.1. The first kappa shape index (κ1) is 16.8. The zero-order valence-electron chi connectivity index (χ0n) is 13.4. The van der Waals surface area contributed by atoms with E-state index in [2.05, 4.69) is 5.10 Å². The fourth-order valence-electron chi connectivity index (χ4n) is 2.85. The normalized spacial score (nSPS) is 16.6. The molecule has 1 amide bonds. The molecular formula is C19H17FN2O3. The van der Waals surface area contributed by atoms with Crippen LogP contribution in [0.2, 0.25) is 0 Å². The van der Waals surface area contributed by atoms with Gasteiger partial charge in [0.2, 0.25) is 5.91 Å². The van der Waals surface area contributed by atoms with E-state index in [4.69, 9.17) is 5.11 Å². The largest absolute Gasteiger partial charge is 0.481 e. The van der Waals surface area contributed by atoms with Crippen LogP contribution in [-0.4, -0.2) is 27.7 Å². The van der Waals surface area contributed by atoms with E-state index in [9.17, 15) is 14.0 Å². The number of amides is 1. The highest BCUT2D eigenvalue weighted by molar-refractivity contribution is 6.03. The van der Waals surface area contributed by atoms with Gasteiger partial charge in [-0.2, -0.15) is 5.10 Å². The number of aliphatic carboxylic acids is 1. The molecule has 1 atom stereocenters. The molecule has 128 valence electrons. The van der Waals surface area contributed by atoms with Crippen molar-refractivity contribution in [3.63, 3.8) is 0 Å². The molecule has 1 heterocycles. The van der Waals surface area contributed by atoms with Crippen LogP contribution in [0.1, 0.15) is 36.4 Å². The molecule has 3 rings (SSSR count). The highest BCUT2D eigenvalue weighted by atomic mass is 19.1. The molecule has 5 nitrogen and oxygen atoms in total. The van der Waals surface area contributed by atoms with Gasteiger partial charge in [-0.3, -0.25) is 9.59 Å². The summed E-state index contributed by atoms with van der Waals surface area (Å²) in [7, 11) is 0. The van der Waals surface area contributed by atoms with E-state index < -0.39 is 12.0 Å². The maximum absolute atomic E-state index is 13.6. The van der Waals surface area contributed by atoms with E-state index in [1.807, 2.05) is 30.3 Å². The van der Waals surface area contributed by atoms with Gasteiger partial charge < -0.3 is 5.11 Å². The summed E-state index contributed by atoms with van der Waals surface area (Å²) in [5.41, 5.74) is 2.24. The summed E-state index contributed by atoms with van der Waals surface area (Å²) in [5.74, 6) is -1.81. The molecule has 6 heteroatoms. The number of carboxylic acid groups (broad SMARTS) is 1. The third-order valence-corrected chi connectivity index (χ3v) is 4.06. The third kappa shape index (κ3) is 3.91. The van der Waals surface area contributed by atoms with Gasteiger partial charge in [-0.05, 0) is 23.3 Å². The average molecular weight is 340 g/mol. The van der Waals surface area contributed by atoms with Crippen LogP contribution in [-0.2, 0) is 9.59 Å². The van der Waals surface area contributed by atoms with Gasteiger partial charge in [-0.25, -0.2) is 9.40 Å². The van der Waals surface area contributed by atoms with Crippen molar-refractivity contribution in [2.75, 3.05) is 0 Å². The lowest BCUT2D eigenvalue weighted by atomic mass is 9.98. The first-order valence-corrected chi connectivity index (χ1v) is 7.97. The van der Waals surface area contributed by atoms with Crippen LogP contribution < -0.4 is 0 Å². The first-order valence-electron chi connectivity index (χ1n) is 7.97. The predicted molar refractivity (Wildman–Crippen MR) is 90.5 cm³/mol. The third-order valence-electron chi connectivity index (χ3n) is 4.06. The Morgan fingerprint density at radius 1 is 1.12 bits per heavy atom. The minimum absolute atomic E-state index is 0.146. The molecule has 0 saturated heterocycles. The average Bonchev–Trinajstić information content (AvgIpc) is 3.06. The molecule has 25 heavy (non-hydrogen) atoms. The van der Waals surface area contributed by atoms with E-state index in [-0.39, 0.29) is 24.6 Å². The number of benzene rings is 2. The second-order valence-electron chi connectivity index (χ2n) is 5.82. The van der Waals surface area contributed by atoms with Crippen LogP contribution in [0.15, 0.2) is 59.7 Å². The fourth-order valence-corrected chi connectivity index (χ4v) is 2.85. The van der Waals surface area contributed by atoms with Crippen LogP contribution in [0, 0.1) is 5.82 Å². The first-order chi connectivity index (χ1) is 12.0. The smallest absolute Gasteiger partial charge is 0.303 e. The van der Waals surface area contributed by atoms with Crippen LogP contribution in [0.5, 0.6) is 0 Å². The van der Waals surface area contributed by atoms with Crippen molar-refractivity contribution in [2.24, 2.45) is 5.10 Å². The Morgan fingerprint density at radius 3 is 2.56 bits per heavy atom.